The van der Waals surface area contributed by atoms with Crippen LogP contribution >= 0.6 is 0 Å². The molecule has 1 amide bonds. The van der Waals surface area contributed by atoms with E-state index in [0.717, 1.165) is 12.1 Å². The zero-order chi connectivity index (χ0) is 20.8. The Morgan fingerprint density at radius 3 is 2.41 bits per heavy atom. The molecule has 0 bridgehead atoms. The summed E-state index contributed by atoms with van der Waals surface area (Å²) < 4.78 is 70.3. The van der Waals surface area contributed by atoms with Gasteiger partial charge in [-0.3, -0.25) is 4.79 Å². The van der Waals surface area contributed by atoms with Gasteiger partial charge in [-0.2, -0.15) is 18.3 Å². The zero-order valence-corrected chi connectivity index (χ0v) is 14.6. The number of rotatable bonds is 4. The van der Waals surface area contributed by atoms with Crippen molar-refractivity contribution in [1.29, 1.82) is 0 Å². The molecule has 0 atom stereocenters. The van der Waals surface area contributed by atoms with E-state index in [2.05, 4.69) is 5.10 Å². The molecular weight excluding hydrogens is 397 g/mol. The largest absolute Gasteiger partial charge is 0.482 e. The Balaban J connectivity index is 1.69. The highest BCUT2D eigenvalue weighted by atomic mass is 19.4. The molecule has 0 aliphatic carbocycles. The van der Waals surface area contributed by atoms with Crippen molar-refractivity contribution in [2.24, 2.45) is 0 Å². The first-order valence-electron chi connectivity index (χ1n) is 8.37. The van der Waals surface area contributed by atoms with Crippen molar-refractivity contribution in [3.63, 3.8) is 0 Å². The Morgan fingerprint density at radius 1 is 1.03 bits per heavy atom. The number of carbonyl (C=O) groups excluding carboxylic acids is 1. The molecule has 0 fully saturated rings. The quantitative estimate of drug-likeness (QED) is 0.606. The van der Waals surface area contributed by atoms with Crippen LogP contribution in [-0.2, 0) is 6.54 Å². The van der Waals surface area contributed by atoms with Gasteiger partial charge in [0.05, 0.1) is 24.0 Å². The van der Waals surface area contributed by atoms with Crippen LogP contribution in [0.25, 0.3) is 5.69 Å². The summed E-state index contributed by atoms with van der Waals surface area (Å²) in [4.78, 5) is 14.0. The normalized spacial score (nSPS) is 13.7. The maximum atomic E-state index is 13.6. The van der Waals surface area contributed by atoms with E-state index in [1.807, 2.05) is 0 Å². The number of anilines is 1. The number of carbonyl (C=O) groups is 1. The van der Waals surface area contributed by atoms with Crippen LogP contribution in [0, 0.1) is 11.6 Å². The standard InChI is InChI=1S/C19H12F5N3O2/c20-11-1-4-13(5-2-11)26-9-16-14(18(26)28)8-25-27(16)15-6-3-12(21)7-17(15)29-10-19(22,23)24/h1-8H,9-10H2. The maximum absolute atomic E-state index is 13.6. The summed E-state index contributed by atoms with van der Waals surface area (Å²) in [6.45, 7) is -1.55. The minimum atomic E-state index is -4.61. The lowest BCUT2D eigenvalue weighted by atomic mass is 10.2. The van der Waals surface area contributed by atoms with Crippen molar-refractivity contribution in [3.05, 3.63) is 71.6 Å². The second-order valence-corrected chi connectivity index (χ2v) is 6.30. The van der Waals surface area contributed by atoms with Gasteiger partial charge >= 0.3 is 6.18 Å². The van der Waals surface area contributed by atoms with E-state index in [-0.39, 0.29) is 23.5 Å². The average Bonchev–Trinajstić information content (AvgIpc) is 3.21. The Bertz CT molecular complexity index is 1080. The van der Waals surface area contributed by atoms with Crippen molar-refractivity contribution in [2.75, 3.05) is 11.5 Å². The van der Waals surface area contributed by atoms with Gasteiger partial charge in [0, 0.05) is 11.8 Å². The zero-order valence-electron chi connectivity index (χ0n) is 14.6. The Hall–Kier alpha value is -3.43. The number of halogens is 5. The Morgan fingerprint density at radius 2 is 1.72 bits per heavy atom. The van der Waals surface area contributed by atoms with Gasteiger partial charge in [-0.05, 0) is 36.4 Å². The Labute approximate surface area is 160 Å². The topological polar surface area (TPSA) is 47.4 Å². The van der Waals surface area contributed by atoms with E-state index in [1.165, 1.54) is 46.1 Å². The monoisotopic (exact) mass is 409 g/mol. The van der Waals surface area contributed by atoms with E-state index in [4.69, 9.17) is 4.74 Å². The number of amides is 1. The molecule has 1 aliphatic rings. The van der Waals surface area contributed by atoms with Gasteiger partial charge in [0.15, 0.2) is 6.61 Å². The number of nitrogens with zero attached hydrogens (tertiary/aromatic N) is 3. The summed E-state index contributed by atoms with van der Waals surface area (Å²) in [7, 11) is 0. The molecule has 1 aliphatic heterocycles. The fraction of sp³-hybridized carbons (Fsp3) is 0.158. The summed E-state index contributed by atoms with van der Waals surface area (Å²) >= 11 is 0. The minimum Gasteiger partial charge on any atom is -0.482 e. The molecule has 0 unspecified atom stereocenters. The number of ether oxygens (including phenoxy) is 1. The van der Waals surface area contributed by atoms with Crippen LogP contribution in [0.1, 0.15) is 16.1 Å². The lowest BCUT2D eigenvalue weighted by Crippen LogP contribution is -2.24. The maximum Gasteiger partial charge on any atom is 0.422 e. The van der Waals surface area contributed by atoms with Crippen LogP contribution in [0.5, 0.6) is 5.75 Å². The lowest BCUT2D eigenvalue weighted by molar-refractivity contribution is -0.153. The van der Waals surface area contributed by atoms with E-state index in [1.54, 1.807) is 0 Å². The van der Waals surface area contributed by atoms with Crippen LogP contribution < -0.4 is 9.64 Å². The molecule has 1 aromatic heterocycles. The summed E-state index contributed by atoms with van der Waals surface area (Å²) in [5.41, 5.74) is 1.14. The van der Waals surface area contributed by atoms with E-state index in [0.29, 0.717) is 11.4 Å². The second kappa shape index (κ2) is 6.87. The first-order chi connectivity index (χ1) is 13.7. The van der Waals surface area contributed by atoms with Crippen LogP contribution in [0.4, 0.5) is 27.6 Å². The van der Waals surface area contributed by atoms with Gasteiger partial charge in [-0.15, -0.1) is 0 Å². The third kappa shape index (κ3) is 3.65. The molecule has 10 heteroatoms. The first kappa shape index (κ1) is 18.9. The molecule has 0 spiro atoms. The molecular formula is C19H12F5N3O2. The predicted octanol–water partition coefficient (Wildman–Crippen LogP) is 4.25. The predicted molar refractivity (Wildman–Crippen MR) is 92.0 cm³/mol. The van der Waals surface area contributed by atoms with Crippen molar-refractivity contribution >= 4 is 11.6 Å². The van der Waals surface area contributed by atoms with Crippen LogP contribution in [0.15, 0.2) is 48.7 Å². The number of benzene rings is 2. The van der Waals surface area contributed by atoms with Crippen molar-refractivity contribution < 1.29 is 31.5 Å². The average molecular weight is 409 g/mol. The number of hydrogen-bond acceptors (Lipinski definition) is 3. The molecule has 2 aromatic carbocycles. The summed E-state index contributed by atoms with van der Waals surface area (Å²) in [6, 6.07) is 8.39. The molecule has 29 heavy (non-hydrogen) atoms. The highest BCUT2D eigenvalue weighted by molar-refractivity contribution is 6.09. The van der Waals surface area contributed by atoms with E-state index >= 15 is 0 Å². The summed E-state index contributed by atoms with van der Waals surface area (Å²) in [6.07, 6.45) is -3.33. The van der Waals surface area contributed by atoms with Crippen LogP contribution in [0.2, 0.25) is 0 Å². The summed E-state index contributed by atoms with van der Waals surface area (Å²) in [5.74, 6) is -1.99. The number of hydrogen-bond donors (Lipinski definition) is 0. The van der Waals surface area contributed by atoms with Gasteiger partial charge in [0.25, 0.3) is 5.91 Å². The molecule has 2 heterocycles. The fourth-order valence-electron chi connectivity index (χ4n) is 3.05. The second-order valence-electron chi connectivity index (χ2n) is 6.30. The highest BCUT2D eigenvalue weighted by Crippen LogP contribution is 2.33. The third-order valence-corrected chi connectivity index (χ3v) is 4.33. The number of aromatic nitrogens is 2. The highest BCUT2D eigenvalue weighted by Gasteiger charge is 2.34. The van der Waals surface area contributed by atoms with E-state index in [9.17, 15) is 26.7 Å². The molecule has 4 rings (SSSR count). The molecule has 0 saturated carbocycles. The molecule has 0 saturated heterocycles. The molecule has 150 valence electrons. The fourth-order valence-corrected chi connectivity index (χ4v) is 3.05. The molecule has 0 N–H and O–H groups in total. The number of alkyl halides is 3. The van der Waals surface area contributed by atoms with Gasteiger partial charge in [0.1, 0.15) is 23.1 Å². The molecule has 5 nitrogen and oxygen atoms in total. The number of fused-ring (bicyclic) bond motifs is 1. The van der Waals surface area contributed by atoms with Crippen LogP contribution in [0.3, 0.4) is 0 Å². The molecule has 3 aromatic rings. The van der Waals surface area contributed by atoms with E-state index < -0.39 is 30.3 Å². The van der Waals surface area contributed by atoms with Gasteiger partial charge < -0.3 is 9.64 Å². The Kier molecular flexibility index (Phi) is 4.48. The van der Waals surface area contributed by atoms with Crippen LogP contribution in [-0.4, -0.2) is 28.5 Å². The van der Waals surface area contributed by atoms with Crippen molar-refractivity contribution in [1.82, 2.24) is 9.78 Å². The van der Waals surface area contributed by atoms with Crippen molar-refractivity contribution in [2.45, 2.75) is 12.7 Å². The van der Waals surface area contributed by atoms with Gasteiger partial charge in [-0.25, -0.2) is 13.5 Å². The third-order valence-electron chi connectivity index (χ3n) is 4.33. The SMILES string of the molecule is O=C1c2cnn(-c3ccc(F)cc3OCC(F)(F)F)c2CN1c1ccc(F)cc1. The van der Waals surface area contributed by atoms with Crippen molar-refractivity contribution in [3.8, 4) is 11.4 Å². The van der Waals surface area contributed by atoms with Gasteiger partial charge in [0.2, 0.25) is 0 Å². The molecule has 0 radical (unpaired) electrons. The van der Waals surface area contributed by atoms with Gasteiger partial charge in [-0.1, -0.05) is 0 Å². The minimum absolute atomic E-state index is 0.0515. The first-order valence-corrected chi connectivity index (χ1v) is 8.37. The lowest BCUT2D eigenvalue weighted by Gasteiger charge is -2.17. The summed E-state index contributed by atoms with van der Waals surface area (Å²) in [5, 5.41) is 4.06. The smallest absolute Gasteiger partial charge is 0.422 e.